The van der Waals surface area contributed by atoms with E-state index in [1.54, 1.807) is 11.3 Å². The molecule has 2 N–H and O–H groups in total. The Morgan fingerprint density at radius 2 is 2.08 bits per heavy atom. The molecule has 2 aromatic rings. The van der Waals surface area contributed by atoms with E-state index in [1.165, 1.54) is 4.88 Å². The topological polar surface area (TPSA) is 65.4 Å². The van der Waals surface area contributed by atoms with Gasteiger partial charge in [0.25, 0.3) is 0 Å². The summed E-state index contributed by atoms with van der Waals surface area (Å²) in [5, 5.41) is 7.61. The van der Waals surface area contributed by atoms with Gasteiger partial charge in [0.05, 0.1) is 18.8 Å². The molecule has 0 aromatic carbocycles. The second-order valence-corrected chi connectivity index (χ2v) is 6.61. The summed E-state index contributed by atoms with van der Waals surface area (Å²) in [6.45, 7) is 6.14. The van der Waals surface area contributed by atoms with Crippen molar-refractivity contribution in [3.05, 3.63) is 40.0 Å². The Morgan fingerprint density at radius 3 is 2.71 bits per heavy atom. The van der Waals surface area contributed by atoms with E-state index in [-0.39, 0.29) is 24.0 Å². The number of anilines is 1. The molecule has 0 aliphatic rings. The van der Waals surface area contributed by atoms with Crippen molar-refractivity contribution < 1.29 is 0 Å². The van der Waals surface area contributed by atoms with Gasteiger partial charge in [0.15, 0.2) is 5.96 Å². The molecule has 0 aliphatic heterocycles. The van der Waals surface area contributed by atoms with Crippen molar-refractivity contribution in [2.24, 2.45) is 4.99 Å². The van der Waals surface area contributed by atoms with Crippen molar-refractivity contribution in [3.63, 3.8) is 0 Å². The maximum Gasteiger partial charge on any atom is 0.191 e. The fraction of sp³-hybridized carbons (Fsp3) is 0.438. The predicted molar refractivity (Wildman–Crippen MR) is 112 cm³/mol. The van der Waals surface area contributed by atoms with E-state index in [9.17, 15) is 0 Å². The maximum atomic E-state index is 4.60. The Balaban J connectivity index is 0.00000288. The summed E-state index contributed by atoms with van der Waals surface area (Å²) in [6, 6.07) is 5.98. The molecule has 8 heteroatoms. The minimum atomic E-state index is 0. The van der Waals surface area contributed by atoms with Gasteiger partial charge >= 0.3 is 0 Å². The van der Waals surface area contributed by atoms with Crippen molar-refractivity contribution in [2.75, 3.05) is 25.5 Å². The molecule has 0 saturated heterocycles. The van der Waals surface area contributed by atoms with Crippen LogP contribution >= 0.6 is 35.3 Å². The minimum Gasteiger partial charge on any atom is -0.363 e. The normalized spacial score (nSPS) is 10.9. The summed E-state index contributed by atoms with van der Waals surface area (Å²) in [7, 11) is 3.97. The number of nitrogens with zero attached hydrogens (tertiary/aromatic N) is 4. The average Bonchev–Trinajstić information content (AvgIpc) is 2.96. The summed E-state index contributed by atoms with van der Waals surface area (Å²) >= 11 is 1.69. The molecule has 0 spiro atoms. The van der Waals surface area contributed by atoms with Crippen LogP contribution in [-0.2, 0) is 13.1 Å². The fourth-order valence-electron chi connectivity index (χ4n) is 1.95. The lowest BCUT2D eigenvalue weighted by Crippen LogP contribution is -2.36. The van der Waals surface area contributed by atoms with Gasteiger partial charge in [-0.1, -0.05) is 6.07 Å². The third-order valence-electron chi connectivity index (χ3n) is 3.07. The molecular formula is C16H25IN6S. The Morgan fingerprint density at radius 1 is 1.29 bits per heavy atom. The minimum absolute atomic E-state index is 0. The highest BCUT2D eigenvalue weighted by molar-refractivity contribution is 14.0. The summed E-state index contributed by atoms with van der Waals surface area (Å²) in [5.74, 6) is 1.71. The van der Waals surface area contributed by atoms with E-state index < -0.39 is 0 Å². The number of aryl methyl sites for hydroxylation is 1. The van der Waals surface area contributed by atoms with Crippen LogP contribution in [0.1, 0.15) is 22.5 Å². The highest BCUT2D eigenvalue weighted by Gasteiger charge is 2.03. The van der Waals surface area contributed by atoms with Gasteiger partial charge in [-0.25, -0.2) is 15.0 Å². The number of nitrogens with one attached hydrogen (secondary N) is 2. The summed E-state index contributed by atoms with van der Waals surface area (Å²) in [5.41, 5.74) is 0.943. The smallest absolute Gasteiger partial charge is 0.191 e. The molecular weight excluding hydrogens is 435 g/mol. The number of hydrogen-bond acceptors (Lipinski definition) is 5. The first-order valence-corrected chi connectivity index (χ1v) is 8.47. The zero-order chi connectivity index (χ0) is 16.7. The van der Waals surface area contributed by atoms with Gasteiger partial charge in [-0.2, -0.15) is 0 Å². The van der Waals surface area contributed by atoms with Crippen LogP contribution < -0.4 is 15.5 Å². The van der Waals surface area contributed by atoms with Crippen LogP contribution in [0.25, 0.3) is 0 Å². The zero-order valence-corrected chi connectivity index (χ0v) is 17.7. The lowest BCUT2D eigenvalue weighted by molar-refractivity contribution is 0.807. The molecule has 0 amide bonds. The van der Waals surface area contributed by atoms with Crippen molar-refractivity contribution in [2.45, 2.75) is 26.9 Å². The summed E-state index contributed by atoms with van der Waals surface area (Å²) < 4.78 is 0. The Labute approximate surface area is 164 Å². The van der Waals surface area contributed by atoms with Crippen LogP contribution in [0.5, 0.6) is 0 Å². The van der Waals surface area contributed by atoms with Crippen LogP contribution in [0, 0.1) is 6.92 Å². The summed E-state index contributed by atoms with van der Waals surface area (Å²) in [6.07, 6.45) is 1.89. The highest BCUT2D eigenvalue weighted by Crippen LogP contribution is 2.10. The first kappa shape index (κ1) is 20.6. The van der Waals surface area contributed by atoms with E-state index in [4.69, 9.17) is 0 Å². The first-order valence-electron chi connectivity index (χ1n) is 7.65. The SMILES string of the molecule is CCNC(=NCc1cccc(N(C)C)n1)NCc1ncc(C)s1.I. The summed E-state index contributed by atoms with van der Waals surface area (Å²) in [4.78, 5) is 16.7. The third kappa shape index (κ3) is 6.60. The lowest BCUT2D eigenvalue weighted by Gasteiger charge is -2.12. The molecule has 132 valence electrons. The zero-order valence-electron chi connectivity index (χ0n) is 14.5. The molecule has 2 heterocycles. The standard InChI is InChI=1S/C16H24N6S.HI/c1-5-17-16(20-11-15-18-9-12(2)23-15)19-10-13-7-6-8-14(21-13)22(3)4;/h6-9H,5,10-11H2,1-4H3,(H2,17,19,20);1H. The van der Waals surface area contributed by atoms with Gasteiger partial charge in [-0.3, -0.25) is 0 Å². The number of thiazole rings is 1. The van der Waals surface area contributed by atoms with Crippen LogP contribution in [0.2, 0.25) is 0 Å². The van der Waals surface area contributed by atoms with Gasteiger partial charge in [0.2, 0.25) is 0 Å². The molecule has 0 saturated carbocycles. The molecule has 0 aliphatic carbocycles. The van der Waals surface area contributed by atoms with Crippen LogP contribution in [-0.4, -0.2) is 36.6 Å². The number of guanidine groups is 1. The molecule has 0 bridgehead atoms. The van der Waals surface area contributed by atoms with Gasteiger partial charge in [-0.05, 0) is 26.0 Å². The van der Waals surface area contributed by atoms with E-state index in [0.717, 1.165) is 29.0 Å². The van der Waals surface area contributed by atoms with E-state index in [1.807, 2.05) is 43.4 Å². The monoisotopic (exact) mass is 460 g/mol. The van der Waals surface area contributed by atoms with Crippen LogP contribution in [0.15, 0.2) is 29.4 Å². The van der Waals surface area contributed by atoms with Crippen molar-refractivity contribution in [3.8, 4) is 0 Å². The van der Waals surface area contributed by atoms with E-state index in [2.05, 4.69) is 39.4 Å². The fourth-order valence-corrected chi connectivity index (χ4v) is 2.68. The van der Waals surface area contributed by atoms with Crippen molar-refractivity contribution >= 4 is 47.1 Å². The third-order valence-corrected chi connectivity index (χ3v) is 3.98. The van der Waals surface area contributed by atoms with E-state index >= 15 is 0 Å². The number of aliphatic imine (C=N–C) groups is 1. The van der Waals surface area contributed by atoms with Gasteiger partial charge in [-0.15, -0.1) is 35.3 Å². The van der Waals surface area contributed by atoms with Gasteiger partial charge in [0, 0.05) is 31.7 Å². The second kappa shape index (κ2) is 10.4. The van der Waals surface area contributed by atoms with Crippen molar-refractivity contribution in [1.82, 2.24) is 20.6 Å². The molecule has 24 heavy (non-hydrogen) atoms. The number of aromatic nitrogens is 2. The molecule has 2 aromatic heterocycles. The number of rotatable bonds is 6. The van der Waals surface area contributed by atoms with Crippen LogP contribution in [0.4, 0.5) is 5.82 Å². The Bertz CT molecular complexity index is 656. The molecule has 2 rings (SSSR count). The van der Waals surface area contributed by atoms with Gasteiger partial charge in [0.1, 0.15) is 10.8 Å². The largest absolute Gasteiger partial charge is 0.363 e. The Kier molecular flexibility index (Phi) is 8.98. The van der Waals surface area contributed by atoms with E-state index in [0.29, 0.717) is 13.1 Å². The van der Waals surface area contributed by atoms with Crippen LogP contribution in [0.3, 0.4) is 0 Å². The molecule has 0 unspecified atom stereocenters. The number of hydrogen-bond donors (Lipinski definition) is 2. The molecule has 0 fully saturated rings. The molecule has 0 atom stereocenters. The number of halogens is 1. The first-order chi connectivity index (χ1) is 11.1. The quantitative estimate of drug-likeness (QED) is 0.395. The second-order valence-electron chi connectivity index (χ2n) is 5.29. The molecule has 0 radical (unpaired) electrons. The Hall–Kier alpha value is -1.42. The lowest BCUT2D eigenvalue weighted by atomic mass is 10.3. The highest BCUT2D eigenvalue weighted by atomic mass is 127. The van der Waals surface area contributed by atoms with Gasteiger partial charge < -0.3 is 15.5 Å². The molecule has 6 nitrogen and oxygen atoms in total. The predicted octanol–water partition coefficient (Wildman–Crippen LogP) is 2.79. The number of pyridine rings is 1. The average molecular weight is 460 g/mol. The van der Waals surface area contributed by atoms with Crippen molar-refractivity contribution in [1.29, 1.82) is 0 Å². The maximum absolute atomic E-state index is 4.60.